The van der Waals surface area contributed by atoms with Gasteiger partial charge in [-0.05, 0) is 43.8 Å². The predicted molar refractivity (Wildman–Crippen MR) is 102 cm³/mol. The van der Waals surface area contributed by atoms with E-state index in [4.69, 9.17) is 9.47 Å². The first-order valence-corrected chi connectivity index (χ1v) is 9.26. The first-order valence-electron chi connectivity index (χ1n) is 9.26. The van der Waals surface area contributed by atoms with E-state index >= 15 is 0 Å². The summed E-state index contributed by atoms with van der Waals surface area (Å²) in [6, 6.07) is 2.99. The second-order valence-corrected chi connectivity index (χ2v) is 7.21. The van der Waals surface area contributed by atoms with Crippen LogP contribution in [-0.2, 0) is 11.3 Å². The molecule has 2 aliphatic heterocycles. The molecule has 1 saturated heterocycles. The van der Waals surface area contributed by atoms with E-state index < -0.39 is 6.61 Å². The SMILES string of the molecule is CC(CC(=O)N(C)Cc1cc2c(cc1OC(F)F)OCO2)C1CCNCC1.Cl. The largest absolute Gasteiger partial charge is 0.454 e. The molecule has 0 spiro atoms. The topological polar surface area (TPSA) is 60.0 Å². The molecule has 9 heteroatoms. The number of benzene rings is 1. The molecular weight excluding hydrogens is 394 g/mol. The van der Waals surface area contributed by atoms with Gasteiger partial charge in [-0.15, -0.1) is 12.4 Å². The molecule has 2 aliphatic rings. The van der Waals surface area contributed by atoms with E-state index in [2.05, 4.69) is 17.0 Å². The highest BCUT2D eigenvalue weighted by atomic mass is 35.5. The lowest BCUT2D eigenvalue weighted by Gasteiger charge is -2.29. The average Bonchev–Trinajstić information content (AvgIpc) is 3.09. The fraction of sp³-hybridized carbons (Fsp3) is 0.632. The fourth-order valence-corrected chi connectivity index (χ4v) is 3.65. The summed E-state index contributed by atoms with van der Waals surface area (Å²) in [6.45, 7) is 1.33. The van der Waals surface area contributed by atoms with Crippen LogP contribution in [0.25, 0.3) is 0 Å². The first kappa shape index (κ1) is 22.5. The molecule has 1 amide bonds. The summed E-state index contributed by atoms with van der Waals surface area (Å²) in [7, 11) is 1.67. The second-order valence-electron chi connectivity index (χ2n) is 7.21. The molecule has 1 aromatic rings. The van der Waals surface area contributed by atoms with Crippen LogP contribution in [0.2, 0.25) is 0 Å². The van der Waals surface area contributed by atoms with Gasteiger partial charge >= 0.3 is 6.61 Å². The van der Waals surface area contributed by atoms with Gasteiger partial charge in [-0.25, -0.2) is 0 Å². The van der Waals surface area contributed by atoms with E-state index in [0.717, 1.165) is 25.9 Å². The third-order valence-electron chi connectivity index (χ3n) is 5.29. The molecule has 1 unspecified atom stereocenters. The molecule has 0 bridgehead atoms. The number of alkyl halides is 2. The Hall–Kier alpha value is -1.80. The fourth-order valence-electron chi connectivity index (χ4n) is 3.65. The molecule has 0 aromatic heterocycles. The lowest BCUT2D eigenvalue weighted by atomic mass is 9.84. The van der Waals surface area contributed by atoms with Crippen molar-refractivity contribution in [2.45, 2.75) is 39.3 Å². The zero-order valence-electron chi connectivity index (χ0n) is 16.1. The highest BCUT2D eigenvalue weighted by Gasteiger charge is 2.25. The van der Waals surface area contributed by atoms with E-state index in [0.29, 0.717) is 29.4 Å². The van der Waals surface area contributed by atoms with E-state index in [9.17, 15) is 13.6 Å². The van der Waals surface area contributed by atoms with Crippen LogP contribution in [0.15, 0.2) is 12.1 Å². The van der Waals surface area contributed by atoms with Crippen LogP contribution in [0.4, 0.5) is 8.78 Å². The van der Waals surface area contributed by atoms with Crippen LogP contribution in [-0.4, -0.2) is 44.3 Å². The van der Waals surface area contributed by atoms with Gasteiger partial charge in [0, 0.05) is 31.6 Å². The number of amides is 1. The maximum Gasteiger partial charge on any atom is 0.387 e. The molecule has 1 aromatic carbocycles. The zero-order valence-corrected chi connectivity index (χ0v) is 16.9. The molecule has 1 atom stereocenters. The molecule has 0 radical (unpaired) electrons. The number of nitrogens with one attached hydrogen (secondary N) is 1. The van der Waals surface area contributed by atoms with Crippen molar-refractivity contribution in [1.29, 1.82) is 0 Å². The third kappa shape index (κ3) is 5.61. The van der Waals surface area contributed by atoms with E-state index in [1.807, 2.05) is 0 Å². The molecule has 28 heavy (non-hydrogen) atoms. The maximum absolute atomic E-state index is 12.7. The van der Waals surface area contributed by atoms with Crippen LogP contribution < -0.4 is 19.5 Å². The molecule has 1 N–H and O–H groups in total. The molecule has 3 rings (SSSR count). The summed E-state index contributed by atoms with van der Waals surface area (Å²) >= 11 is 0. The lowest BCUT2D eigenvalue weighted by Crippen LogP contribution is -2.34. The summed E-state index contributed by atoms with van der Waals surface area (Å²) in [5, 5.41) is 3.33. The Balaban J connectivity index is 0.00000280. The van der Waals surface area contributed by atoms with Gasteiger partial charge < -0.3 is 24.4 Å². The molecule has 6 nitrogen and oxygen atoms in total. The monoisotopic (exact) mass is 420 g/mol. The molecular formula is C19H27ClF2N2O4. The van der Waals surface area contributed by atoms with E-state index in [1.54, 1.807) is 18.0 Å². The van der Waals surface area contributed by atoms with Crippen LogP contribution in [0.1, 0.15) is 31.7 Å². The average molecular weight is 421 g/mol. The van der Waals surface area contributed by atoms with Crippen molar-refractivity contribution >= 4 is 18.3 Å². The minimum absolute atomic E-state index is 0. The number of hydrogen-bond donors (Lipinski definition) is 1. The Morgan fingerprint density at radius 2 is 1.93 bits per heavy atom. The van der Waals surface area contributed by atoms with Crippen molar-refractivity contribution in [3.8, 4) is 17.2 Å². The molecule has 1 fully saturated rings. The van der Waals surface area contributed by atoms with E-state index in [1.165, 1.54) is 6.07 Å². The Bertz CT molecular complexity index is 672. The summed E-state index contributed by atoms with van der Waals surface area (Å²) in [5.41, 5.74) is 0.463. The summed E-state index contributed by atoms with van der Waals surface area (Å²) in [4.78, 5) is 14.2. The van der Waals surface area contributed by atoms with Crippen molar-refractivity contribution in [2.24, 2.45) is 11.8 Å². The molecule has 2 heterocycles. The van der Waals surface area contributed by atoms with Crippen molar-refractivity contribution in [1.82, 2.24) is 10.2 Å². The predicted octanol–water partition coefficient (Wildman–Crippen LogP) is 3.42. The standard InChI is InChI=1S/C19H26F2N2O4.ClH/c1-12(13-3-5-22-6-4-13)7-18(24)23(2)10-14-8-16-17(26-11-25-16)9-15(14)27-19(20)21;/h8-9,12-13,19,22H,3-7,10-11H2,1-2H3;1H. The zero-order chi connectivity index (χ0) is 19.4. The molecule has 0 saturated carbocycles. The number of carbonyl (C=O) groups excluding carboxylic acids is 1. The van der Waals surface area contributed by atoms with Crippen LogP contribution in [0, 0.1) is 11.8 Å². The maximum atomic E-state index is 12.7. The van der Waals surface area contributed by atoms with Gasteiger partial charge in [0.1, 0.15) is 5.75 Å². The molecule has 0 aliphatic carbocycles. The van der Waals surface area contributed by atoms with Gasteiger partial charge in [-0.2, -0.15) is 8.78 Å². The Morgan fingerprint density at radius 3 is 2.57 bits per heavy atom. The highest BCUT2D eigenvalue weighted by Crippen LogP contribution is 2.39. The number of piperidine rings is 1. The summed E-state index contributed by atoms with van der Waals surface area (Å²) in [5.74, 6) is 1.64. The first-order chi connectivity index (χ1) is 12.9. The number of fused-ring (bicyclic) bond motifs is 1. The van der Waals surface area contributed by atoms with Crippen molar-refractivity contribution < 1.29 is 27.8 Å². The van der Waals surface area contributed by atoms with Crippen molar-refractivity contribution in [2.75, 3.05) is 26.9 Å². The van der Waals surface area contributed by atoms with Crippen molar-refractivity contribution in [3.63, 3.8) is 0 Å². The minimum Gasteiger partial charge on any atom is -0.454 e. The van der Waals surface area contributed by atoms with Crippen LogP contribution in [0.5, 0.6) is 17.2 Å². The summed E-state index contributed by atoms with van der Waals surface area (Å²) < 4.78 is 40.6. The number of rotatable bonds is 7. The van der Waals surface area contributed by atoms with Crippen molar-refractivity contribution in [3.05, 3.63) is 17.7 Å². The lowest BCUT2D eigenvalue weighted by molar-refractivity contribution is -0.131. The smallest absolute Gasteiger partial charge is 0.387 e. The number of hydrogen-bond acceptors (Lipinski definition) is 5. The van der Waals surface area contributed by atoms with Gasteiger partial charge in [0.15, 0.2) is 11.5 Å². The Morgan fingerprint density at radius 1 is 1.29 bits per heavy atom. The number of halogens is 3. The van der Waals surface area contributed by atoms with Gasteiger partial charge in [-0.1, -0.05) is 6.92 Å². The van der Waals surface area contributed by atoms with Gasteiger partial charge in [0.2, 0.25) is 12.7 Å². The Labute approximate surface area is 169 Å². The summed E-state index contributed by atoms with van der Waals surface area (Å²) in [6.07, 6.45) is 2.59. The second kappa shape index (κ2) is 10.1. The number of ether oxygens (including phenoxy) is 3. The molecule has 158 valence electrons. The van der Waals surface area contributed by atoms with Gasteiger partial charge in [-0.3, -0.25) is 4.79 Å². The third-order valence-corrected chi connectivity index (χ3v) is 5.29. The number of nitrogens with zero attached hydrogens (tertiary/aromatic N) is 1. The minimum atomic E-state index is -2.95. The van der Waals surface area contributed by atoms with Crippen LogP contribution >= 0.6 is 12.4 Å². The van der Waals surface area contributed by atoms with Gasteiger partial charge in [0.05, 0.1) is 0 Å². The highest BCUT2D eigenvalue weighted by molar-refractivity contribution is 5.85. The van der Waals surface area contributed by atoms with Gasteiger partial charge in [0.25, 0.3) is 0 Å². The Kier molecular flexibility index (Phi) is 8.12. The van der Waals surface area contributed by atoms with E-state index in [-0.39, 0.29) is 43.3 Å². The quantitative estimate of drug-likeness (QED) is 0.732. The number of carbonyl (C=O) groups is 1. The normalized spacial score (nSPS) is 17.2. The van der Waals surface area contributed by atoms with Crippen LogP contribution in [0.3, 0.4) is 0 Å².